The Labute approximate surface area is 206 Å². The lowest BCUT2D eigenvalue weighted by atomic mass is 10.2. The summed E-state index contributed by atoms with van der Waals surface area (Å²) in [5.74, 6) is -0.0883. The summed E-state index contributed by atoms with van der Waals surface area (Å²) in [4.78, 5) is 38.7. The molecule has 3 amide bonds. The Morgan fingerprint density at radius 2 is 1.79 bits per heavy atom. The number of halogens is 1. The van der Waals surface area contributed by atoms with E-state index >= 15 is 0 Å². The summed E-state index contributed by atoms with van der Waals surface area (Å²) in [5, 5.41) is 3.00. The maximum Gasteiger partial charge on any atom is 0.293 e. The van der Waals surface area contributed by atoms with Crippen LogP contribution in [0.5, 0.6) is 5.75 Å². The number of amides is 3. The number of anilines is 1. The van der Waals surface area contributed by atoms with Crippen molar-refractivity contribution in [1.29, 1.82) is 0 Å². The third-order valence-corrected chi connectivity index (χ3v) is 6.13. The zero-order chi connectivity index (χ0) is 24.1. The summed E-state index contributed by atoms with van der Waals surface area (Å²) in [5.41, 5.74) is 3.34. The molecule has 1 saturated heterocycles. The maximum absolute atomic E-state index is 12.7. The largest absolute Gasteiger partial charge is 0.484 e. The molecule has 3 aromatic rings. The van der Waals surface area contributed by atoms with E-state index in [4.69, 9.17) is 16.3 Å². The number of aryl methyl sites for hydroxylation is 1. The van der Waals surface area contributed by atoms with Crippen molar-refractivity contribution < 1.29 is 19.1 Å². The molecule has 8 heteroatoms. The molecule has 172 valence electrons. The van der Waals surface area contributed by atoms with Crippen molar-refractivity contribution in [3.05, 3.63) is 99.4 Å². The minimum Gasteiger partial charge on any atom is -0.484 e. The van der Waals surface area contributed by atoms with Crippen molar-refractivity contribution in [3.63, 3.8) is 0 Å². The second-order valence-corrected chi connectivity index (χ2v) is 9.10. The Kier molecular flexibility index (Phi) is 7.35. The molecule has 0 spiro atoms. The summed E-state index contributed by atoms with van der Waals surface area (Å²) in [7, 11) is 0. The van der Waals surface area contributed by atoms with E-state index in [9.17, 15) is 14.4 Å². The molecular weight excluding hydrogens is 472 g/mol. The van der Waals surface area contributed by atoms with Crippen molar-refractivity contribution in [2.24, 2.45) is 0 Å². The molecule has 6 nitrogen and oxygen atoms in total. The van der Waals surface area contributed by atoms with Crippen LogP contribution < -0.4 is 10.1 Å². The summed E-state index contributed by atoms with van der Waals surface area (Å²) in [6, 6.07) is 21.5. The van der Waals surface area contributed by atoms with E-state index in [0.29, 0.717) is 21.4 Å². The number of benzene rings is 3. The molecule has 0 atom stereocenters. The fourth-order valence-corrected chi connectivity index (χ4v) is 4.30. The first-order valence-corrected chi connectivity index (χ1v) is 11.7. The number of nitrogens with one attached hydrogen (secondary N) is 1. The van der Waals surface area contributed by atoms with Crippen molar-refractivity contribution >= 4 is 52.2 Å². The number of imide groups is 1. The van der Waals surface area contributed by atoms with Crippen LogP contribution in [0.4, 0.5) is 10.5 Å². The Bertz CT molecular complexity index is 1260. The highest BCUT2D eigenvalue weighted by atomic mass is 35.5. The first kappa shape index (κ1) is 23.6. The van der Waals surface area contributed by atoms with Crippen LogP contribution in [-0.4, -0.2) is 28.6 Å². The fraction of sp³-hybridized carbons (Fsp3) is 0.115. The van der Waals surface area contributed by atoms with Crippen LogP contribution in [-0.2, 0) is 16.1 Å². The number of carbonyl (C=O) groups excluding carboxylic acids is 3. The summed E-state index contributed by atoms with van der Waals surface area (Å²) in [6.45, 7) is 2.01. The van der Waals surface area contributed by atoms with Gasteiger partial charge in [-0.2, -0.15) is 0 Å². The van der Waals surface area contributed by atoms with Gasteiger partial charge in [-0.1, -0.05) is 53.6 Å². The second-order valence-electron chi connectivity index (χ2n) is 7.67. The topological polar surface area (TPSA) is 75.7 Å². The van der Waals surface area contributed by atoms with Gasteiger partial charge in [-0.3, -0.25) is 19.3 Å². The van der Waals surface area contributed by atoms with E-state index in [1.165, 1.54) is 4.90 Å². The van der Waals surface area contributed by atoms with E-state index in [1.807, 2.05) is 37.3 Å². The van der Waals surface area contributed by atoms with Gasteiger partial charge < -0.3 is 10.1 Å². The Balaban J connectivity index is 1.33. The summed E-state index contributed by atoms with van der Waals surface area (Å²) in [6.07, 6.45) is 1.66. The molecular formula is C26H21ClN2O4S. The molecule has 1 heterocycles. The molecule has 0 bridgehead atoms. The quantitative estimate of drug-likeness (QED) is 0.415. The molecule has 1 aliphatic heterocycles. The van der Waals surface area contributed by atoms with Gasteiger partial charge in [0.25, 0.3) is 17.1 Å². The number of hydrogen-bond acceptors (Lipinski definition) is 5. The SMILES string of the molecule is Cc1ccc(NC(=O)COc2ccc(/C=C3\SC(=O)N(Cc4cccc(Cl)c4)C3=O)cc2)cc1. The second kappa shape index (κ2) is 10.6. The minimum atomic E-state index is -0.344. The number of ether oxygens (including phenoxy) is 1. The first-order chi connectivity index (χ1) is 16.4. The van der Waals surface area contributed by atoms with E-state index in [2.05, 4.69) is 5.32 Å². The smallest absolute Gasteiger partial charge is 0.293 e. The molecule has 0 unspecified atom stereocenters. The zero-order valence-corrected chi connectivity index (χ0v) is 19.9. The standard InChI is InChI=1S/C26H21ClN2O4S/c1-17-5-9-21(10-6-17)28-24(30)16-33-22-11-7-18(8-12-22)14-23-25(31)29(26(32)34-23)15-19-3-2-4-20(27)13-19/h2-14H,15-16H2,1H3,(H,28,30)/b23-14-. The predicted octanol–water partition coefficient (Wildman–Crippen LogP) is 5.90. The molecule has 0 saturated carbocycles. The van der Waals surface area contributed by atoms with Gasteiger partial charge >= 0.3 is 0 Å². The van der Waals surface area contributed by atoms with Crippen LogP contribution in [0.15, 0.2) is 77.7 Å². The lowest BCUT2D eigenvalue weighted by Crippen LogP contribution is -2.27. The fourth-order valence-electron chi connectivity index (χ4n) is 3.25. The molecule has 0 radical (unpaired) electrons. The van der Waals surface area contributed by atoms with Gasteiger partial charge in [-0.05, 0) is 72.3 Å². The molecule has 0 aliphatic carbocycles. The number of nitrogens with zero attached hydrogens (tertiary/aromatic N) is 1. The Hall–Kier alpha value is -3.55. The predicted molar refractivity (Wildman–Crippen MR) is 135 cm³/mol. The van der Waals surface area contributed by atoms with Crippen LogP contribution in [0.25, 0.3) is 6.08 Å². The number of thioether (sulfide) groups is 1. The molecule has 34 heavy (non-hydrogen) atoms. The van der Waals surface area contributed by atoms with Gasteiger partial charge in [0.15, 0.2) is 6.61 Å². The van der Waals surface area contributed by atoms with E-state index < -0.39 is 0 Å². The van der Waals surface area contributed by atoms with E-state index in [-0.39, 0.29) is 30.2 Å². The highest BCUT2D eigenvalue weighted by Crippen LogP contribution is 2.33. The van der Waals surface area contributed by atoms with Crippen LogP contribution >= 0.6 is 23.4 Å². The minimum absolute atomic E-state index is 0.129. The monoisotopic (exact) mass is 492 g/mol. The molecule has 1 aliphatic rings. The van der Waals surface area contributed by atoms with Crippen LogP contribution in [0.3, 0.4) is 0 Å². The summed E-state index contributed by atoms with van der Waals surface area (Å²) < 4.78 is 5.54. The van der Waals surface area contributed by atoms with Crippen LogP contribution in [0.1, 0.15) is 16.7 Å². The number of rotatable bonds is 7. The maximum atomic E-state index is 12.7. The van der Waals surface area contributed by atoms with E-state index in [1.54, 1.807) is 48.5 Å². The highest BCUT2D eigenvalue weighted by molar-refractivity contribution is 8.18. The third-order valence-electron chi connectivity index (χ3n) is 4.99. The third kappa shape index (κ3) is 6.07. The van der Waals surface area contributed by atoms with Crippen molar-refractivity contribution in [3.8, 4) is 5.75 Å². The Morgan fingerprint density at radius 1 is 1.06 bits per heavy atom. The average Bonchev–Trinajstić information content (AvgIpc) is 3.07. The van der Waals surface area contributed by atoms with Gasteiger partial charge in [0.1, 0.15) is 5.75 Å². The lowest BCUT2D eigenvalue weighted by molar-refractivity contribution is -0.123. The molecule has 1 N–H and O–H groups in total. The molecule has 3 aromatic carbocycles. The first-order valence-electron chi connectivity index (χ1n) is 10.5. The summed E-state index contributed by atoms with van der Waals surface area (Å²) >= 11 is 6.90. The normalized spacial score (nSPS) is 14.5. The van der Waals surface area contributed by atoms with Crippen LogP contribution in [0.2, 0.25) is 5.02 Å². The van der Waals surface area contributed by atoms with E-state index in [0.717, 1.165) is 28.5 Å². The average molecular weight is 493 g/mol. The molecule has 1 fully saturated rings. The van der Waals surface area contributed by atoms with Crippen molar-refractivity contribution in [1.82, 2.24) is 4.90 Å². The van der Waals surface area contributed by atoms with Crippen LogP contribution in [0, 0.1) is 6.92 Å². The molecule has 4 rings (SSSR count). The number of carbonyl (C=O) groups is 3. The highest BCUT2D eigenvalue weighted by Gasteiger charge is 2.34. The van der Waals surface area contributed by atoms with Crippen molar-refractivity contribution in [2.75, 3.05) is 11.9 Å². The zero-order valence-electron chi connectivity index (χ0n) is 18.3. The van der Waals surface area contributed by atoms with Gasteiger partial charge in [0, 0.05) is 10.7 Å². The van der Waals surface area contributed by atoms with Gasteiger partial charge in [0.2, 0.25) is 0 Å². The Morgan fingerprint density at radius 3 is 2.50 bits per heavy atom. The number of hydrogen-bond donors (Lipinski definition) is 1. The van der Waals surface area contributed by atoms with Crippen molar-refractivity contribution in [2.45, 2.75) is 13.5 Å². The van der Waals surface area contributed by atoms with Gasteiger partial charge in [-0.15, -0.1) is 0 Å². The lowest BCUT2D eigenvalue weighted by Gasteiger charge is -2.12. The van der Waals surface area contributed by atoms with Gasteiger partial charge in [0.05, 0.1) is 11.4 Å². The molecule has 0 aromatic heterocycles. The van der Waals surface area contributed by atoms with Gasteiger partial charge in [-0.25, -0.2) is 0 Å².